The number of rotatable bonds is 2. The van der Waals surface area contributed by atoms with E-state index in [0.29, 0.717) is 0 Å². The average molecular weight is 212 g/mol. The molecule has 0 aliphatic carbocycles. The Morgan fingerprint density at radius 3 is 3.07 bits per heavy atom. The van der Waals surface area contributed by atoms with Crippen LogP contribution in [0.5, 0.6) is 0 Å². The van der Waals surface area contributed by atoms with Crippen LogP contribution in [-0.4, -0.2) is 29.6 Å². The van der Waals surface area contributed by atoms with Gasteiger partial charge in [-0.15, -0.1) is 6.58 Å². The third-order valence-electron chi connectivity index (χ3n) is 2.70. The fraction of sp³-hybridized carbons (Fsp3) is 0.727. The summed E-state index contributed by atoms with van der Waals surface area (Å²) in [4.78, 5) is 2.28. The van der Waals surface area contributed by atoms with Crippen LogP contribution in [0.2, 0.25) is 0 Å². The Labute approximate surface area is 92.4 Å². The quantitative estimate of drug-likeness (QED) is 0.558. The van der Waals surface area contributed by atoms with Crippen molar-refractivity contribution in [2.24, 2.45) is 5.92 Å². The molecule has 1 aliphatic heterocycles. The second kappa shape index (κ2) is 6.02. The molecule has 0 spiro atoms. The lowest BCUT2D eigenvalue weighted by Crippen LogP contribution is -2.40. The van der Waals surface area contributed by atoms with Crippen molar-refractivity contribution in [3.8, 4) is 0 Å². The molecular formula is C11H20N2S. The van der Waals surface area contributed by atoms with Crippen LogP contribution in [0.3, 0.4) is 0 Å². The number of likely N-dealkylation sites (tertiary alicyclic amines) is 1. The van der Waals surface area contributed by atoms with Gasteiger partial charge in [-0.25, -0.2) is 0 Å². The van der Waals surface area contributed by atoms with E-state index >= 15 is 0 Å². The number of nitrogens with zero attached hydrogens (tertiary/aromatic N) is 1. The lowest BCUT2D eigenvalue weighted by Gasteiger charge is -2.23. The van der Waals surface area contributed by atoms with Crippen molar-refractivity contribution in [3.05, 3.63) is 12.7 Å². The van der Waals surface area contributed by atoms with Crippen molar-refractivity contribution < 1.29 is 0 Å². The summed E-state index contributed by atoms with van der Waals surface area (Å²) in [6.45, 7) is 8.97. The Morgan fingerprint density at radius 1 is 1.57 bits per heavy atom. The molecule has 2 nitrogen and oxygen atoms in total. The molecule has 1 heterocycles. The summed E-state index contributed by atoms with van der Waals surface area (Å²) in [6, 6.07) is 0. The second-order valence-corrected chi connectivity index (χ2v) is 4.38. The summed E-state index contributed by atoms with van der Waals surface area (Å²) in [5, 5.41) is 4.07. The molecule has 1 aliphatic rings. The SMILES string of the molecule is C=CCNC(=S)N1CCCC(C)CC1. The Bertz CT molecular complexity index is 203. The number of hydrogen-bond donors (Lipinski definition) is 1. The van der Waals surface area contributed by atoms with E-state index < -0.39 is 0 Å². The van der Waals surface area contributed by atoms with Gasteiger partial charge in [-0.3, -0.25) is 0 Å². The van der Waals surface area contributed by atoms with E-state index in [1.54, 1.807) is 0 Å². The van der Waals surface area contributed by atoms with Crippen molar-refractivity contribution in [2.45, 2.75) is 26.2 Å². The Balaban J connectivity index is 2.35. The highest BCUT2D eigenvalue weighted by Gasteiger charge is 2.15. The Kier molecular flexibility index (Phi) is 4.94. The highest BCUT2D eigenvalue weighted by atomic mass is 32.1. The van der Waals surface area contributed by atoms with Gasteiger partial charge in [-0.1, -0.05) is 13.0 Å². The minimum Gasteiger partial charge on any atom is -0.359 e. The first kappa shape index (κ1) is 11.5. The first-order chi connectivity index (χ1) is 6.74. The minimum absolute atomic E-state index is 0.769. The molecule has 0 radical (unpaired) electrons. The lowest BCUT2D eigenvalue weighted by atomic mass is 10.0. The van der Waals surface area contributed by atoms with Crippen LogP contribution in [0, 0.1) is 5.92 Å². The molecule has 1 atom stereocenters. The molecule has 80 valence electrons. The summed E-state index contributed by atoms with van der Waals surface area (Å²) in [7, 11) is 0. The molecule has 14 heavy (non-hydrogen) atoms. The van der Waals surface area contributed by atoms with Gasteiger partial charge in [0, 0.05) is 19.6 Å². The van der Waals surface area contributed by atoms with E-state index in [1.807, 2.05) is 6.08 Å². The third kappa shape index (κ3) is 3.66. The topological polar surface area (TPSA) is 15.3 Å². The van der Waals surface area contributed by atoms with Gasteiger partial charge in [-0.05, 0) is 37.4 Å². The van der Waals surface area contributed by atoms with Crippen LogP contribution in [-0.2, 0) is 0 Å². The highest BCUT2D eigenvalue weighted by molar-refractivity contribution is 7.80. The summed E-state index contributed by atoms with van der Waals surface area (Å²) in [5.74, 6) is 0.849. The molecule has 0 aromatic rings. The molecule has 1 N–H and O–H groups in total. The number of hydrogen-bond acceptors (Lipinski definition) is 1. The molecule has 3 heteroatoms. The maximum atomic E-state index is 5.31. The number of thiocarbonyl (C=S) groups is 1. The Morgan fingerprint density at radius 2 is 2.36 bits per heavy atom. The van der Waals surface area contributed by atoms with Crippen LogP contribution < -0.4 is 5.32 Å². The molecular weight excluding hydrogens is 192 g/mol. The van der Waals surface area contributed by atoms with Crippen molar-refractivity contribution in [3.63, 3.8) is 0 Å². The van der Waals surface area contributed by atoms with Crippen LogP contribution in [0.25, 0.3) is 0 Å². The van der Waals surface area contributed by atoms with Gasteiger partial charge >= 0.3 is 0 Å². The normalized spacial score (nSPS) is 22.6. The fourth-order valence-electron chi connectivity index (χ4n) is 1.74. The molecule has 1 saturated heterocycles. The molecule has 0 saturated carbocycles. The summed E-state index contributed by atoms with van der Waals surface area (Å²) >= 11 is 5.31. The van der Waals surface area contributed by atoms with E-state index in [-0.39, 0.29) is 0 Å². The van der Waals surface area contributed by atoms with Gasteiger partial charge in [0.25, 0.3) is 0 Å². The fourth-order valence-corrected chi connectivity index (χ4v) is 2.00. The molecule has 1 fully saturated rings. The molecule has 1 unspecified atom stereocenters. The monoisotopic (exact) mass is 212 g/mol. The predicted octanol–water partition coefficient (Wildman–Crippen LogP) is 2.17. The maximum Gasteiger partial charge on any atom is 0.169 e. The zero-order valence-electron chi connectivity index (χ0n) is 8.96. The highest BCUT2D eigenvalue weighted by Crippen LogP contribution is 2.16. The van der Waals surface area contributed by atoms with E-state index in [9.17, 15) is 0 Å². The standard InChI is InChI=1S/C11H20N2S/c1-3-7-12-11(14)13-8-4-5-10(2)6-9-13/h3,10H,1,4-9H2,2H3,(H,12,14). The Hall–Kier alpha value is -0.570. The largest absolute Gasteiger partial charge is 0.359 e. The van der Waals surface area contributed by atoms with Gasteiger partial charge in [0.05, 0.1) is 0 Å². The lowest BCUT2D eigenvalue weighted by molar-refractivity contribution is 0.420. The van der Waals surface area contributed by atoms with Gasteiger partial charge in [0.15, 0.2) is 5.11 Å². The molecule has 0 aromatic heterocycles. The van der Waals surface area contributed by atoms with Gasteiger partial charge in [0.1, 0.15) is 0 Å². The van der Waals surface area contributed by atoms with Gasteiger partial charge in [0.2, 0.25) is 0 Å². The van der Waals surface area contributed by atoms with E-state index in [1.165, 1.54) is 19.3 Å². The zero-order chi connectivity index (χ0) is 10.4. The smallest absolute Gasteiger partial charge is 0.169 e. The van der Waals surface area contributed by atoms with E-state index in [4.69, 9.17) is 12.2 Å². The first-order valence-electron chi connectivity index (χ1n) is 5.37. The maximum absolute atomic E-state index is 5.31. The van der Waals surface area contributed by atoms with E-state index in [0.717, 1.165) is 30.7 Å². The van der Waals surface area contributed by atoms with Crippen molar-refractivity contribution >= 4 is 17.3 Å². The van der Waals surface area contributed by atoms with Crippen LogP contribution in [0.4, 0.5) is 0 Å². The van der Waals surface area contributed by atoms with Crippen molar-refractivity contribution in [1.29, 1.82) is 0 Å². The first-order valence-corrected chi connectivity index (χ1v) is 5.78. The third-order valence-corrected chi connectivity index (χ3v) is 3.10. The molecule has 0 amide bonds. The second-order valence-electron chi connectivity index (χ2n) is 4.00. The molecule has 1 rings (SSSR count). The van der Waals surface area contributed by atoms with Crippen molar-refractivity contribution in [1.82, 2.24) is 10.2 Å². The number of nitrogens with one attached hydrogen (secondary N) is 1. The van der Waals surface area contributed by atoms with Gasteiger partial charge in [-0.2, -0.15) is 0 Å². The van der Waals surface area contributed by atoms with E-state index in [2.05, 4.69) is 23.7 Å². The predicted molar refractivity (Wildman–Crippen MR) is 65.4 cm³/mol. The zero-order valence-corrected chi connectivity index (χ0v) is 9.78. The van der Waals surface area contributed by atoms with Crippen LogP contribution >= 0.6 is 12.2 Å². The van der Waals surface area contributed by atoms with Gasteiger partial charge < -0.3 is 10.2 Å². The van der Waals surface area contributed by atoms with Crippen LogP contribution in [0.1, 0.15) is 26.2 Å². The summed E-state index contributed by atoms with van der Waals surface area (Å²) in [5.41, 5.74) is 0. The molecule has 0 aromatic carbocycles. The molecule has 0 bridgehead atoms. The van der Waals surface area contributed by atoms with Crippen LogP contribution in [0.15, 0.2) is 12.7 Å². The summed E-state index contributed by atoms with van der Waals surface area (Å²) < 4.78 is 0. The summed E-state index contributed by atoms with van der Waals surface area (Å²) in [6.07, 6.45) is 5.69. The van der Waals surface area contributed by atoms with Crippen molar-refractivity contribution in [2.75, 3.05) is 19.6 Å². The average Bonchev–Trinajstić information content (AvgIpc) is 2.39. The minimum atomic E-state index is 0.769.